The van der Waals surface area contributed by atoms with E-state index in [1.807, 2.05) is 4.90 Å². The number of aliphatic hydroxyl groups excluding tert-OH is 1. The molecule has 0 bridgehead atoms. The van der Waals surface area contributed by atoms with Gasteiger partial charge in [-0.05, 0) is 49.5 Å². The van der Waals surface area contributed by atoms with Crippen molar-refractivity contribution in [1.82, 2.24) is 4.90 Å². The Balaban J connectivity index is 1.96. The number of carbonyl (C=O) groups is 1. The number of benzene rings is 1. The van der Waals surface area contributed by atoms with Crippen molar-refractivity contribution in [2.24, 2.45) is 0 Å². The second kappa shape index (κ2) is 7.20. The molecule has 0 spiro atoms. The summed E-state index contributed by atoms with van der Waals surface area (Å²) < 4.78 is 13.0. The number of nitrogens with zero attached hydrogens (tertiary/aromatic N) is 1. The van der Waals surface area contributed by atoms with Crippen molar-refractivity contribution in [1.29, 1.82) is 0 Å². The quantitative estimate of drug-likeness (QED) is 0.840. The molecule has 1 heterocycles. The van der Waals surface area contributed by atoms with Crippen molar-refractivity contribution >= 4 is 12.0 Å². The first kappa shape index (κ1) is 14.7. The van der Waals surface area contributed by atoms with E-state index in [0.29, 0.717) is 5.56 Å². The third-order valence-corrected chi connectivity index (χ3v) is 3.62. The average Bonchev–Trinajstić information content (AvgIpc) is 2.91. The van der Waals surface area contributed by atoms with Crippen LogP contribution in [-0.2, 0) is 4.79 Å². The van der Waals surface area contributed by atoms with Crippen LogP contribution in [0.25, 0.3) is 6.08 Å². The van der Waals surface area contributed by atoms with Gasteiger partial charge in [0.25, 0.3) is 0 Å². The van der Waals surface area contributed by atoms with Gasteiger partial charge in [0.1, 0.15) is 5.82 Å². The number of hydrogen-bond acceptors (Lipinski definition) is 2. The van der Waals surface area contributed by atoms with Gasteiger partial charge in [0, 0.05) is 25.3 Å². The first-order valence-corrected chi connectivity index (χ1v) is 7.06. The monoisotopic (exact) mass is 277 g/mol. The number of rotatable bonds is 5. The van der Waals surface area contributed by atoms with Crippen LogP contribution in [-0.4, -0.2) is 35.1 Å². The number of likely N-dealkylation sites (tertiary alicyclic amines) is 1. The van der Waals surface area contributed by atoms with E-state index in [1.165, 1.54) is 18.2 Å². The fraction of sp³-hybridized carbons (Fsp3) is 0.438. The second-order valence-electron chi connectivity index (χ2n) is 5.08. The minimum absolute atomic E-state index is 0.0327. The maximum Gasteiger partial charge on any atom is 0.246 e. The summed E-state index contributed by atoms with van der Waals surface area (Å²) in [5.41, 5.74) is 0.685. The van der Waals surface area contributed by atoms with Crippen LogP contribution in [0.15, 0.2) is 30.3 Å². The Hall–Kier alpha value is -1.68. The van der Waals surface area contributed by atoms with Gasteiger partial charge in [-0.1, -0.05) is 12.1 Å². The molecule has 1 aliphatic rings. The Bertz CT molecular complexity index is 487. The summed E-state index contributed by atoms with van der Waals surface area (Å²) in [5, 5.41) is 8.88. The Morgan fingerprint density at radius 2 is 2.35 bits per heavy atom. The molecular formula is C16H20FNO2. The van der Waals surface area contributed by atoms with Crippen LogP contribution < -0.4 is 0 Å². The van der Waals surface area contributed by atoms with Crippen molar-refractivity contribution in [3.63, 3.8) is 0 Å². The van der Waals surface area contributed by atoms with Crippen molar-refractivity contribution < 1.29 is 14.3 Å². The molecule has 1 aromatic rings. The van der Waals surface area contributed by atoms with Gasteiger partial charge in [-0.3, -0.25) is 4.79 Å². The third-order valence-electron chi connectivity index (χ3n) is 3.62. The minimum atomic E-state index is -0.304. The standard InChI is InChI=1S/C16H20FNO2/c17-14-5-1-4-13(12-14)8-9-16(20)18-10-2-6-15(18)7-3-11-19/h1,4-5,8-9,12,15,19H,2-3,6-7,10-11H2. The van der Waals surface area contributed by atoms with Gasteiger partial charge in [-0.2, -0.15) is 0 Å². The number of hydrogen-bond donors (Lipinski definition) is 1. The topological polar surface area (TPSA) is 40.5 Å². The highest BCUT2D eigenvalue weighted by atomic mass is 19.1. The number of amides is 1. The highest BCUT2D eigenvalue weighted by molar-refractivity contribution is 5.92. The zero-order valence-corrected chi connectivity index (χ0v) is 11.5. The smallest absolute Gasteiger partial charge is 0.246 e. The van der Waals surface area contributed by atoms with Gasteiger partial charge in [-0.25, -0.2) is 4.39 Å². The predicted molar refractivity (Wildman–Crippen MR) is 76.5 cm³/mol. The number of halogens is 1. The Labute approximate surface area is 118 Å². The van der Waals surface area contributed by atoms with Crippen LogP contribution in [0, 0.1) is 5.82 Å². The van der Waals surface area contributed by atoms with E-state index in [9.17, 15) is 9.18 Å². The third kappa shape index (κ3) is 3.90. The Kier molecular flexibility index (Phi) is 5.30. The van der Waals surface area contributed by atoms with E-state index in [-0.39, 0.29) is 24.4 Å². The van der Waals surface area contributed by atoms with E-state index in [1.54, 1.807) is 18.2 Å². The molecular weight excluding hydrogens is 257 g/mol. The van der Waals surface area contributed by atoms with Gasteiger partial charge in [0.2, 0.25) is 5.91 Å². The maximum atomic E-state index is 13.0. The van der Waals surface area contributed by atoms with Gasteiger partial charge in [-0.15, -0.1) is 0 Å². The van der Waals surface area contributed by atoms with Gasteiger partial charge in [0.05, 0.1) is 0 Å². The molecule has 0 radical (unpaired) electrons. The molecule has 2 rings (SSSR count). The minimum Gasteiger partial charge on any atom is -0.396 e. The lowest BCUT2D eigenvalue weighted by molar-refractivity contribution is -0.126. The largest absolute Gasteiger partial charge is 0.396 e. The van der Waals surface area contributed by atoms with Crippen LogP contribution in [0.1, 0.15) is 31.2 Å². The van der Waals surface area contributed by atoms with Crippen molar-refractivity contribution in [3.05, 3.63) is 41.7 Å². The summed E-state index contributed by atoms with van der Waals surface area (Å²) in [6.45, 7) is 0.931. The highest BCUT2D eigenvalue weighted by Gasteiger charge is 2.26. The molecule has 1 fully saturated rings. The fourth-order valence-electron chi connectivity index (χ4n) is 2.63. The first-order chi connectivity index (χ1) is 9.70. The normalized spacial score (nSPS) is 18.9. The first-order valence-electron chi connectivity index (χ1n) is 7.06. The molecule has 1 aromatic carbocycles. The zero-order chi connectivity index (χ0) is 14.4. The van der Waals surface area contributed by atoms with E-state index in [4.69, 9.17) is 5.11 Å². The van der Waals surface area contributed by atoms with Crippen LogP contribution in [0.2, 0.25) is 0 Å². The molecule has 1 aliphatic heterocycles. The molecule has 4 heteroatoms. The average molecular weight is 277 g/mol. The number of carbonyl (C=O) groups excluding carboxylic acids is 1. The van der Waals surface area contributed by atoms with E-state index >= 15 is 0 Å². The second-order valence-corrected chi connectivity index (χ2v) is 5.08. The Morgan fingerprint density at radius 1 is 1.50 bits per heavy atom. The fourth-order valence-corrected chi connectivity index (χ4v) is 2.63. The Morgan fingerprint density at radius 3 is 3.10 bits per heavy atom. The molecule has 1 saturated heterocycles. The van der Waals surface area contributed by atoms with Crippen LogP contribution in [0.5, 0.6) is 0 Å². The van der Waals surface area contributed by atoms with Crippen molar-refractivity contribution in [2.45, 2.75) is 31.7 Å². The van der Waals surface area contributed by atoms with E-state index in [2.05, 4.69) is 0 Å². The molecule has 1 unspecified atom stereocenters. The van der Waals surface area contributed by atoms with Crippen LogP contribution in [0.4, 0.5) is 4.39 Å². The summed E-state index contributed by atoms with van der Waals surface area (Å²) in [4.78, 5) is 14.0. The molecule has 1 atom stereocenters. The SMILES string of the molecule is O=C(C=Cc1cccc(F)c1)N1CCCC1CCCO. The lowest BCUT2D eigenvalue weighted by Crippen LogP contribution is -2.34. The zero-order valence-electron chi connectivity index (χ0n) is 11.5. The lowest BCUT2D eigenvalue weighted by Gasteiger charge is -2.23. The van der Waals surface area contributed by atoms with E-state index in [0.717, 1.165) is 32.2 Å². The summed E-state index contributed by atoms with van der Waals surface area (Å²) in [5.74, 6) is -0.337. The van der Waals surface area contributed by atoms with Crippen molar-refractivity contribution in [3.8, 4) is 0 Å². The van der Waals surface area contributed by atoms with Crippen LogP contribution in [0.3, 0.4) is 0 Å². The van der Waals surface area contributed by atoms with E-state index < -0.39 is 0 Å². The molecule has 20 heavy (non-hydrogen) atoms. The van der Waals surface area contributed by atoms with Gasteiger partial charge >= 0.3 is 0 Å². The summed E-state index contributed by atoms with van der Waals surface area (Å²) in [6.07, 6.45) is 6.73. The maximum absolute atomic E-state index is 13.0. The van der Waals surface area contributed by atoms with Gasteiger partial charge < -0.3 is 10.0 Å². The molecule has 0 aromatic heterocycles. The molecule has 0 aliphatic carbocycles. The predicted octanol–water partition coefficient (Wildman–Crippen LogP) is 2.60. The van der Waals surface area contributed by atoms with Gasteiger partial charge in [0.15, 0.2) is 0 Å². The summed E-state index contributed by atoms with van der Waals surface area (Å²) in [7, 11) is 0. The summed E-state index contributed by atoms with van der Waals surface area (Å²) >= 11 is 0. The molecule has 1 N–H and O–H groups in total. The highest BCUT2D eigenvalue weighted by Crippen LogP contribution is 2.21. The molecule has 0 saturated carbocycles. The van der Waals surface area contributed by atoms with Crippen molar-refractivity contribution in [2.75, 3.05) is 13.2 Å². The molecule has 108 valence electrons. The summed E-state index contributed by atoms with van der Waals surface area (Å²) in [6, 6.07) is 6.40. The van der Waals surface area contributed by atoms with Crippen LogP contribution >= 0.6 is 0 Å². The lowest BCUT2D eigenvalue weighted by atomic mass is 10.1. The number of aliphatic hydroxyl groups is 1. The molecule has 3 nitrogen and oxygen atoms in total. The molecule has 1 amide bonds.